The van der Waals surface area contributed by atoms with Crippen LogP contribution in [0.5, 0.6) is 0 Å². The third kappa shape index (κ3) is 2.02. The minimum atomic E-state index is 0.0966. The smallest absolute Gasteiger partial charge is 0.307 e. The highest BCUT2D eigenvalue weighted by atomic mass is 32.1. The Hall–Kier alpha value is -1.55. The fourth-order valence-electron chi connectivity index (χ4n) is 1.69. The van der Waals surface area contributed by atoms with Crippen molar-refractivity contribution in [1.29, 1.82) is 0 Å². The summed E-state index contributed by atoms with van der Waals surface area (Å²) in [7, 11) is 0. The molecule has 2 N–H and O–H groups in total. The van der Waals surface area contributed by atoms with Crippen molar-refractivity contribution in [3.8, 4) is 11.3 Å². The van der Waals surface area contributed by atoms with E-state index < -0.39 is 0 Å². The van der Waals surface area contributed by atoms with Crippen molar-refractivity contribution in [3.05, 3.63) is 39.3 Å². The first-order valence-corrected chi connectivity index (χ1v) is 6.14. The van der Waals surface area contributed by atoms with Crippen LogP contribution in [0, 0.1) is 0 Å². The number of nitrogens with two attached hydrogens (primary N) is 1. The van der Waals surface area contributed by atoms with E-state index in [2.05, 4.69) is 6.92 Å². The summed E-state index contributed by atoms with van der Waals surface area (Å²) in [5.41, 5.74) is 8.43. The lowest BCUT2D eigenvalue weighted by Crippen LogP contribution is -2.13. The lowest BCUT2D eigenvalue weighted by molar-refractivity contribution is 0.675. The molecule has 3 nitrogen and oxygen atoms in total. The Balaban J connectivity index is 2.51. The summed E-state index contributed by atoms with van der Waals surface area (Å²) in [5, 5.41) is 1.90. The second-order valence-corrected chi connectivity index (χ2v) is 4.48. The standard InChI is InChI=1S/C12H14N2OS/c1-2-6-14-11(8-16-12(14)15)9-4-3-5-10(13)7-9/h3-5,7-8H,2,6,13H2,1H3. The van der Waals surface area contributed by atoms with Crippen molar-refractivity contribution in [1.82, 2.24) is 4.57 Å². The number of benzene rings is 1. The molecule has 1 aromatic carbocycles. The maximum Gasteiger partial charge on any atom is 0.307 e. The average molecular weight is 234 g/mol. The molecule has 0 amide bonds. The average Bonchev–Trinajstić information content (AvgIpc) is 2.61. The van der Waals surface area contributed by atoms with Gasteiger partial charge < -0.3 is 5.73 Å². The molecule has 0 saturated carbocycles. The molecule has 0 radical (unpaired) electrons. The highest BCUT2D eigenvalue weighted by Crippen LogP contribution is 2.22. The lowest BCUT2D eigenvalue weighted by Gasteiger charge is -2.06. The lowest BCUT2D eigenvalue weighted by atomic mass is 10.1. The van der Waals surface area contributed by atoms with Crippen molar-refractivity contribution in [3.63, 3.8) is 0 Å². The summed E-state index contributed by atoms with van der Waals surface area (Å²) < 4.78 is 1.80. The first-order chi connectivity index (χ1) is 7.72. The zero-order valence-corrected chi connectivity index (χ0v) is 9.96. The fraction of sp³-hybridized carbons (Fsp3) is 0.250. The molecule has 16 heavy (non-hydrogen) atoms. The van der Waals surface area contributed by atoms with Crippen LogP contribution in [0.1, 0.15) is 13.3 Å². The fourth-order valence-corrected chi connectivity index (χ4v) is 2.48. The van der Waals surface area contributed by atoms with Gasteiger partial charge >= 0.3 is 4.87 Å². The van der Waals surface area contributed by atoms with Crippen LogP contribution in [0.25, 0.3) is 11.3 Å². The van der Waals surface area contributed by atoms with Crippen molar-refractivity contribution < 1.29 is 0 Å². The van der Waals surface area contributed by atoms with Crippen LogP contribution < -0.4 is 10.6 Å². The molecule has 0 aliphatic rings. The monoisotopic (exact) mass is 234 g/mol. The summed E-state index contributed by atoms with van der Waals surface area (Å²) in [6, 6.07) is 7.62. The van der Waals surface area contributed by atoms with Crippen LogP contribution in [0.2, 0.25) is 0 Å². The molecule has 2 rings (SSSR count). The van der Waals surface area contributed by atoms with Crippen LogP contribution in [-0.2, 0) is 6.54 Å². The van der Waals surface area contributed by atoms with E-state index in [0.717, 1.165) is 29.9 Å². The van der Waals surface area contributed by atoms with Gasteiger partial charge in [-0.1, -0.05) is 30.4 Å². The molecule has 2 aromatic rings. The summed E-state index contributed by atoms with van der Waals surface area (Å²) >= 11 is 1.24. The number of nitrogen functional groups attached to an aromatic ring is 1. The highest BCUT2D eigenvalue weighted by Gasteiger charge is 2.07. The Bertz CT molecular complexity index is 542. The molecular weight excluding hydrogens is 220 g/mol. The minimum Gasteiger partial charge on any atom is -0.399 e. The minimum absolute atomic E-state index is 0.0966. The van der Waals surface area contributed by atoms with Gasteiger partial charge in [0, 0.05) is 23.2 Å². The van der Waals surface area contributed by atoms with Crippen molar-refractivity contribution >= 4 is 17.0 Å². The van der Waals surface area contributed by atoms with Gasteiger partial charge in [-0.2, -0.15) is 0 Å². The number of hydrogen-bond acceptors (Lipinski definition) is 3. The van der Waals surface area contributed by atoms with E-state index in [1.165, 1.54) is 11.3 Å². The van der Waals surface area contributed by atoms with Crippen molar-refractivity contribution in [2.24, 2.45) is 0 Å². The van der Waals surface area contributed by atoms with Crippen LogP contribution in [-0.4, -0.2) is 4.57 Å². The van der Waals surface area contributed by atoms with Crippen LogP contribution in [0.3, 0.4) is 0 Å². The number of nitrogens with zero attached hydrogens (tertiary/aromatic N) is 1. The van der Waals surface area contributed by atoms with Crippen LogP contribution >= 0.6 is 11.3 Å². The largest absolute Gasteiger partial charge is 0.399 e. The molecule has 0 aliphatic heterocycles. The second-order valence-electron chi connectivity index (χ2n) is 3.66. The molecule has 0 spiro atoms. The van der Waals surface area contributed by atoms with Gasteiger partial charge in [0.05, 0.1) is 5.69 Å². The van der Waals surface area contributed by atoms with Gasteiger partial charge in [-0.15, -0.1) is 0 Å². The van der Waals surface area contributed by atoms with Gasteiger partial charge in [-0.25, -0.2) is 0 Å². The molecule has 4 heteroatoms. The molecule has 0 aliphatic carbocycles. The molecule has 1 heterocycles. The van der Waals surface area contributed by atoms with Crippen LogP contribution in [0.4, 0.5) is 5.69 Å². The van der Waals surface area contributed by atoms with Crippen LogP contribution in [0.15, 0.2) is 34.4 Å². The Morgan fingerprint density at radius 3 is 2.94 bits per heavy atom. The van der Waals surface area contributed by atoms with E-state index in [1.807, 2.05) is 29.6 Å². The third-order valence-corrected chi connectivity index (χ3v) is 3.18. The van der Waals surface area contributed by atoms with E-state index in [1.54, 1.807) is 4.57 Å². The number of rotatable bonds is 3. The van der Waals surface area contributed by atoms with E-state index in [9.17, 15) is 4.79 Å². The number of aromatic nitrogens is 1. The third-order valence-electron chi connectivity index (χ3n) is 2.41. The highest BCUT2D eigenvalue weighted by molar-refractivity contribution is 7.07. The predicted octanol–water partition coefficient (Wildman–Crippen LogP) is 2.57. The summed E-state index contributed by atoms with van der Waals surface area (Å²) in [5.74, 6) is 0. The van der Waals surface area contributed by atoms with Crippen molar-refractivity contribution in [2.75, 3.05) is 5.73 Å². The van der Waals surface area contributed by atoms with Gasteiger partial charge in [0.25, 0.3) is 0 Å². The SMILES string of the molecule is CCCn1c(-c2cccc(N)c2)csc1=O. The molecule has 0 saturated heterocycles. The Morgan fingerprint density at radius 2 is 2.25 bits per heavy atom. The maximum atomic E-state index is 11.6. The topological polar surface area (TPSA) is 48.0 Å². The summed E-state index contributed by atoms with van der Waals surface area (Å²) in [6.45, 7) is 2.82. The summed E-state index contributed by atoms with van der Waals surface area (Å²) in [6.07, 6.45) is 0.950. The molecule has 0 unspecified atom stereocenters. The number of hydrogen-bond donors (Lipinski definition) is 1. The zero-order valence-electron chi connectivity index (χ0n) is 9.14. The normalized spacial score (nSPS) is 10.6. The zero-order chi connectivity index (χ0) is 11.5. The molecule has 1 aromatic heterocycles. The quantitative estimate of drug-likeness (QED) is 0.830. The first kappa shape index (κ1) is 11.0. The Kier molecular flexibility index (Phi) is 3.10. The maximum absolute atomic E-state index is 11.6. The molecule has 0 atom stereocenters. The van der Waals surface area contributed by atoms with E-state index in [4.69, 9.17) is 5.73 Å². The van der Waals surface area contributed by atoms with Gasteiger partial charge in [-0.05, 0) is 18.6 Å². The first-order valence-electron chi connectivity index (χ1n) is 5.26. The second kappa shape index (κ2) is 4.53. The van der Waals surface area contributed by atoms with Gasteiger partial charge in [0.1, 0.15) is 0 Å². The number of thiazole rings is 1. The van der Waals surface area contributed by atoms with E-state index in [0.29, 0.717) is 0 Å². The van der Waals surface area contributed by atoms with E-state index in [-0.39, 0.29) is 4.87 Å². The molecular formula is C12H14N2OS. The predicted molar refractivity (Wildman–Crippen MR) is 68.7 cm³/mol. The van der Waals surface area contributed by atoms with Gasteiger partial charge in [-0.3, -0.25) is 9.36 Å². The van der Waals surface area contributed by atoms with Gasteiger partial charge in [0.15, 0.2) is 0 Å². The Morgan fingerprint density at radius 1 is 1.44 bits per heavy atom. The summed E-state index contributed by atoms with van der Waals surface area (Å²) in [4.78, 5) is 11.7. The molecule has 0 bridgehead atoms. The Labute approximate surface area is 98.2 Å². The number of anilines is 1. The van der Waals surface area contributed by atoms with E-state index >= 15 is 0 Å². The molecule has 0 fully saturated rings. The van der Waals surface area contributed by atoms with Crippen molar-refractivity contribution in [2.45, 2.75) is 19.9 Å². The molecule has 84 valence electrons. The van der Waals surface area contributed by atoms with Gasteiger partial charge in [0.2, 0.25) is 0 Å².